The van der Waals surface area contributed by atoms with Crippen LogP contribution < -0.4 is 4.74 Å². The van der Waals surface area contributed by atoms with Crippen molar-refractivity contribution in [2.75, 3.05) is 52.5 Å². The predicted octanol–water partition coefficient (Wildman–Crippen LogP) is 4.97. The number of aliphatic hydroxyl groups is 1. The molecule has 1 aliphatic rings. The van der Waals surface area contributed by atoms with Crippen LogP contribution in [0, 0.1) is 0 Å². The zero-order chi connectivity index (χ0) is 25.2. The van der Waals surface area contributed by atoms with Gasteiger partial charge in [0.15, 0.2) is 0 Å². The Bertz CT molecular complexity index is 964. The molecule has 1 aliphatic heterocycles. The molecule has 0 bridgehead atoms. The minimum absolute atomic E-state index is 0.254. The highest BCUT2D eigenvalue weighted by Crippen LogP contribution is 2.29. The minimum atomic E-state index is -0.499. The van der Waals surface area contributed by atoms with Crippen molar-refractivity contribution in [1.29, 1.82) is 0 Å². The molecule has 4 rings (SSSR count). The van der Waals surface area contributed by atoms with Crippen molar-refractivity contribution >= 4 is 0 Å². The van der Waals surface area contributed by atoms with E-state index in [1.54, 1.807) is 0 Å². The van der Waals surface area contributed by atoms with Gasteiger partial charge in [0.1, 0.15) is 12.4 Å². The lowest BCUT2D eigenvalue weighted by atomic mass is 9.96. The maximum absolute atomic E-state index is 10.5. The van der Waals surface area contributed by atoms with E-state index in [1.165, 1.54) is 16.7 Å². The highest BCUT2D eigenvalue weighted by molar-refractivity contribution is 5.32. The average Bonchev–Trinajstić information content (AvgIpc) is 2.91. The number of piperazine rings is 1. The lowest BCUT2D eigenvalue weighted by molar-refractivity contribution is -0.00191. The molecule has 0 spiro atoms. The summed E-state index contributed by atoms with van der Waals surface area (Å²) >= 11 is 0. The van der Waals surface area contributed by atoms with E-state index in [4.69, 9.17) is 9.47 Å². The molecule has 3 aromatic rings. The Balaban J connectivity index is 1.17. The van der Waals surface area contributed by atoms with Crippen molar-refractivity contribution in [2.24, 2.45) is 0 Å². The Morgan fingerprint density at radius 2 is 1.31 bits per heavy atom. The third-order valence-electron chi connectivity index (χ3n) is 6.83. The topological polar surface area (TPSA) is 45.2 Å². The third-order valence-corrected chi connectivity index (χ3v) is 6.83. The van der Waals surface area contributed by atoms with Gasteiger partial charge in [0.2, 0.25) is 0 Å². The van der Waals surface area contributed by atoms with Crippen LogP contribution in [0.5, 0.6) is 5.75 Å². The first-order chi connectivity index (χ1) is 17.6. The molecular formula is C31H40N2O3. The maximum atomic E-state index is 10.5. The maximum Gasteiger partial charge on any atom is 0.119 e. The molecule has 1 fully saturated rings. The molecule has 1 N–H and O–H groups in total. The number of ether oxygens (including phenoxy) is 2. The van der Waals surface area contributed by atoms with Gasteiger partial charge < -0.3 is 14.6 Å². The van der Waals surface area contributed by atoms with Crippen molar-refractivity contribution in [3.63, 3.8) is 0 Å². The standard InChI is InChI=1S/C31H40N2O3/c1-25(2)26-13-15-30(16-14-26)36-22-21-35-24-29(34)23-32-17-19-33(20-18-32)31(27-9-5-3-6-10-27)28-11-7-4-8-12-28/h3-16,25,29,31,34H,17-24H2,1-2H3/t29-/m0/s1. The fraction of sp³-hybridized carbons (Fsp3) is 0.419. The minimum Gasteiger partial charge on any atom is -0.491 e. The second-order valence-electron chi connectivity index (χ2n) is 9.86. The Kier molecular flexibility index (Phi) is 9.93. The SMILES string of the molecule is CC(C)c1ccc(OCCOC[C@@H](O)CN2CCN(C(c3ccccc3)c3ccccc3)CC2)cc1. The first-order valence-corrected chi connectivity index (χ1v) is 13.1. The van der Waals surface area contributed by atoms with Crippen LogP contribution in [0.4, 0.5) is 0 Å². The van der Waals surface area contributed by atoms with Crippen molar-refractivity contribution in [3.05, 3.63) is 102 Å². The number of β-amino-alcohol motifs (C(OH)–C–C–N with tert-alkyl or cyclic N) is 1. The van der Waals surface area contributed by atoms with E-state index in [1.807, 2.05) is 12.1 Å². The summed E-state index contributed by atoms with van der Waals surface area (Å²) in [6.45, 7) is 10.1. The molecule has 0 amide bonds. The molecule has 0 aromatic heterocycles. The van der Waals surface area contributed by atoms with Crippen LogP contribution in [0.25, 0.3) is 0 Å². The number of nitrogens with zero attached hydrogens (tertiary/aromatic N) is 2. The molecule has 5 heteroatoms. The number of rotatable bonds is 12. The van der Waals surface area contributed by atoms with Crippen molar-refractivity contribution in [2.45, 2.75) is 31.9 Å². The van der Waals surface area contributed by atoms with E-state index in [-0.39, 0.29) is 6.04 Å². The first-order valence-electron chi connectivity index (χ1n) is 13.1. The van der Waals surface area contributed by atoms with E-state index in [2.05, 4.69) is 96.4 Å². The van der Waals surface area contributed by atoms with Gasteiger partial charge in [-0.1, -0.05) is 86.6 Å². The monoisotopic (exact) mass is 488 g/mol. The van der Waals surface area contributed by atoms with Crippen LogP contribution in [0.2, 0.25) is 0 Å². The van der Waals surface area contributed by atoms with Gasteiger partial charge in [-0.2, -0.15) is 0 Å². The van der Waals surface area contributed by atoms with E-state index in [9.17, 15) is 5.11 Å². The molecule has 36 heavy (non-hydrogen) atoms. The summed E-state index contributed by atoms with van der Waals surface area (Å²) in [7, 11) is 0. The Morgan fingerprint density at radius 1 is 0.722 bits per heavy atom. The quantitative estimate of drug-likeness (QED) is 0.365. The van der Waals surface area contributed by atoms with Crippen molar-refractivity contribution in [1.82, 2.24) is 9.80 Å². The highest BCUT2D eigenvalue weighted by Gasteiger charge is 2.27. The largest absolute Gasteiger partial charge is 0.491 e. The average molecular weight is 489 g/mol. The number of benzene rings is 3. The van der Waals surface area contributed by atoms with Crippen molar-refractivity contribution < 1.29 is 14.6 Å². The van der Waals surface area contributed by atoms with Crippen LogP contribution in [-0.2, 0) is 4.74 Å². The third kappa shape index (κ3) is 7.65. The van der Waals surface area contributed by atoms with Gasteiger partial charge in [-0.05, 0) is 34.7 Å². The molecule has 1 atom stereocenters. The second kappa shape index (κ2) is 13.6. The molecule has 0 unspecified atom stereocenters. The summed E-state index contributed by atoms with van der Waals surface area (Å²) in [4.78, 5) is 4.89. The van der Waals surface area contributed by atoms with E-state index >= 15 is 0 Å². The van der Waals surface area contributed by atoms with E-state index in [0.717, 1.165) is 31.9 Å². The summed E-state index contributed by atoms with van der Waals surface area (Å²) in [5.74, 6) is 1.37. The first kappa shape index (κ1) is 26.4. The smallest absolute Gasteiger partial charge is 0.119 e. The molecule has 3 aromatic carbocycles. The Labute approximate surface area is 216 Å². The lowest BCUT2D eigenvalue weighted by Gasteiger charge is -2.40. The summed E-state index contributed by atoms with van der Waals surface area (Å²) < 4.78 is 11.4. The summed E-state index contributed by atoms with van der Waals surface area (Å²) in [5.41, 5.74) is 3.95. The zero-order valence-electron chi connectivity index (χ0n) is 21.6. The molecule has 1 saturated heterocycles. The van der Waals surface area contributed by atoms with Crippen molar-refractivity contribution in [3.8, 4) is 5.75 Å². The van der Waals surface area contributed by atoms with Crippen LogP contribution in [-0.4, -0.2) is 73.6 Å². The lowest BCUT2D eigenvalue weighted by Crippen LogP contribution is -2.50. The molecule has 0 radical (unpaired) electrons. The molecule has 0 saturated carbocycles. The van der Waals surface area contributed by atoms with Gasteiger partial charge in [0.05, 0.1) is 25.4 Å². The second-order valence-corrected chi connectivity index (χ2v) is 9.86. The fourth-order valence-electron chi connectivity index (χ4n) is 4.83. The normalized spacial score (nSPS) is 15.9. The highest BCUT2D eigenvalue weighted by atomic mass is 16.5. The van der Waals surface area contributed by atoms with Gasteiger partial charge in [-0.3, -0.25) is 9.80 Å². The van der Waals surface area contributed by atoms with E-state index in [0.29, 0.717) is 32.3 Å². The molecule has 5 nitrogen and oxygen atoms in total. The van der Waals surface area contributed by atoms with Crippen LogP contribution in [0.15, 0.2) is 84.9 Å². The van der Waals surface area contributed by atoms with Gasteiger partial charge in [0, 0.05) is 32.7 Å². The van der Waals surface area contributed by atoms with Crippen LogP contribution >= 0.6 is 0 Å². The number of aliphatic hydroxyl groups excluding tert-OH is 1. The molecule has 0 aliphatic carbocycles. The van der Waals surface area contributed by atoms with Gasteiger partial charge in [-0.15, -0.1) is 0 Å². The Hall–Kier alpha value is -2.70. The summed E-state index contributed by atoms with van der Waals surface area (Å²) in [6, 6.07) is 30.0. The molecule has 192 valence electrons. The number of hydrogen-bond donors (Lipinski definition) is 1. The predicted molar refractivity (Wildman–Crippen MR) is 146 cm³/mol. The Morgan fingerprint density at radius 3 is 1.86 bits per heavy atom. The summed E-state index contributed by atoms with van der Waals surface area (Å²) in [6.07, 6.45) is -0.499. The zero-order valence-corrected chi connectivity index (χ0v) is 21.6. The number of hydrogen-bond acceptors (Lipinski definition) is 5. The van der Waals surface area contributed by atoms with Crippen LogP contribution in [0.3, 0.4) is 0 Å². The van der Waals surface area contributed by atoms with Gasteiger partial charge in [-0.25, -0.2) is 0 Å². The molecular weight excluding hydrogens is 448 g/mol. The summed E-state index contributed by atoms with van der Waals surface area (Å²) in [5, 5.41) is 10.5. The fourth-order valence-corrected chi connectivity index (χ4v) is 4.83. The van der Waals surface area contributed by atoms with E-state index < -0.39 is 6.10 Å². The van der Waals surface area contributed by atoms with Crippen LogP contribution in [0.1, 0.15) is 42.5 Å². The van der Waals surface area contributed by atoms with Gasteiger partial charge in [0.25, 0.3) is 0 Å². The molecule has 1 heterocycles. The van der Waals surface area contributed by atoms with Gasteiger partial charge >= 0.3 is 0 Å².